The molecule has 3 aromatic heterocycles. The Morgan fingerprint density at radius 3 is 2.74 bits per heavy atom. The minimum atomic E-state index is -0.469. The minimum absolute atomic E-state index is 0.00460. The number of hydrogen-bond donors (Lipinski definition) is 2. The van der Waals surface area contributed by atoms with Crippen LogP contribution in [0.4, 0.5) is 11.7 Å². The molecule has 2 N–H and O–H groups in total. The first-order valence-corrected chi connectivity index (χ1v) is 11.3. The van der Waals surface area contributed by atoms with Gasteiger partial charge in [-0.25, -0.2) is 9.97 Å². The van der Waals surface area contributed by atoms with Crippen LogP contribution in [-0.4, -0.2) is 57.5 Å². The molecule has 4 heterocycles. The first-order valence-electron chi connectivity index (χ1n) is 11.3. The summed E-state index contributed by atoms with van der Waals surface area (Å²) in [5, 5.41) is 5.56. The SMILES string of the molecule is CCCCNC(=O)c1cnccc1NC(=O)c1coc(N2CCC(Oc3ncccn3)CC2)n1. The average Bonchev–Trinajstić information content (AvgIpc) is 3.36. The van der Waals surface area contributed by atoms with Gasteiger partial charge in [0.1, 0.15) is 12.4 Å². The Kier molecular flexibility index (Phi) is 7.63. The van der Waals surface area contributed by atoms with Gasteiger partial charge in [-0.1, -0.05) is 13.3 Å². The fourth-order valence-electron chi connectivity index (χ4n) is 3.52. The number of carbonyl (C=O) groups excluding carboxylic acids is 2. The number of ether oxygens (including phenoxy) is 1. The molecule has 0 aromatic carbocycles. The molecule has 34 heavy (non-hydrogen) atoms. The average molecular weight is 466 g/mol. The van der Waals surface area contributed by atoms with Crippen molar-refractivity contribution >= 4 is 23.5 Å². The van der Waals surface area contributed by atoms with Crippen LogP contribution in [0, 0.1) is 0 Å². The fraction of sp³-hybridized carbons (Fsp3) is 0.391. The summed E-state index contributed by atoms with van der Waals surface area (Å²) in [7, 11) is 0. The Morgan fingerprint density at radius 2 is 1.97 bits per heavy atom. The van der Waals surface area contributed by atoms with Gasteiger partial charge < -0.3 is 24.7 Å². The lowest BCUT2D eigenvalue weighted by molar-refractivity contribution is 0.0953. The van der Waals surface area contributed by atoms with E-state index in [0.717, 1.165) is 25.7 Å². The molecule has 0 unspecified atom stereocenters. The lowest BCUT2D eigenvalue weighted by Crippen LogP contribution is -2.38. The summed E-state index contributed by atoms with van der Waals surface area (Å²) in [6, 6.07) is 4.05. The van der Waals surface area contributed by atoms with Crippen LogP contribution in [0.25, 0.3) is 0 Å². The molecule has 1 aliphatic rings. The van der Waals surface area contributed by atoms with E-state index in [1.165, 1.54) is 18.7 Å². The zero-order valence-corrected chi connectivity index (χ0v) is 18.9. The summed E-state index contributed by atoms with van der Waals surface area (Å²) >= 11 is 0. The van der Waals surface area contributed by atoms with Gasteiger partial charge in [0, 0.05) is 57.3 Å². The molecule has 11 heteroatoms. The Hall–Kier alpha value is -4.02. The fourth-order valence-corrected chi connectivity index (χ4v) is 3.52. The Balaban J connectivity index is 1.33. The molecular formula is C23H27N7O4. The molecule has 0 aliphatic carbocycles. The van der Waals surface area contributed by atoms with Crippen molar-refractivity contribution in [3.8, 4) is 6.01 Å². The Labute approximate surface area is 197 Å². The van der Waals surface area contributed by atoms with Crippen LogP contribution in [0.5, 0.6) is 6.01 Å². The summed E-state index contributed by atoms with van der Waals surface area (Å²) in [5.41, 5.74) is 0.778. The smallest absolute Gasteiger partial charge is 0.316 e. The third-order valence-electron chi connectivity index (χ3n) is 5.38. The van der Waals surface area contributed by atoms with Crippen LogP contribution in [0.2, 0.25) is 0 Å². The highest BCUT2D eigenvalue weighted by Crippen LogP contribution is 2.22. The standard InChI is InChI=1S/C23H27N7O4/c1-2-3-8-25-20(31)17-14-24-11-5-18(17)28-21(32)19-15-33-23(29-19)30-12-6-16(7-13-30)34-22-26-9-4-10-27-22/h4-5,9-11,14-16H,2-3,6-8,12-13H2,1H3,(H,25,31)(H,24,28,32). The lowest BCUT2D eigenvalue weighted by Gasteiger charge is -2.30. The molecule has 1 saturated heterocycles. The van der Waals surface area contributed by atoms with Crippen LogP contribution in [0.1, 0.15) is 53.5 Å². The maximum atomic E-state index is 12.8. The second kappa shape index (κ2) is 11.2. The van der Waals surface area contributed by atoms with Crippen molar-refractivity contribution in [2.45, 2.75) is 38.7 Å². The van der Waals surface area contributed by atoms with E-state index in [2.05, 4.69) is 30.6 Å². The predicted octanol–water partition coefficient (Wildman–Crippen LogP) is 2.69. The summed E-state index contributed by atoms with van der Waals surface area (Å²) in [6.45, 7) is 3.92. The monoisotopic (exact) mass is 465 g/mol. The number of hydrogen-bond acceptors (Lipinski definition) is 9. The van der Waals surface area contributed by atoms with Crippen molar-refractivity contribution in [2.24, 2.45) is 0 Å². The van der Waals surface area contributed by atoms with Crippen molar-refractivity contribution < 1.29 is 18.7 Å². The molecule has 3 aromatic rings. The van der Waals surface area contributed by atoms with E-state index in [-0.39, 0.29) is 17.7 Å². The van der Waals surface area contributed by atoms with Gasteiger partial charge in [0.2, 0.25) is 0 Å². The third-order valence-corrected chi connectivity index (χ3v) is 5.38. The molecule has 4 rings (SSSR count). The maximum Gasteiger partial charge on any atom is 0.316 e. The van der Waals surface area contributed by atoms with Crippen molar-refractivity contribution in [1.82, 2.24) is 25.3 Å². The Morgan fingerprint density at radius 1 is 1.18 bits per heavy atom. The normalized spacial score (nSPS) is 14.0. The minimum Gasteiger partial charge on any atom is -0.460 e. The van der Waals surface area contributed by atoms with Gasteiger partial charge >= 0.3 is 6.01 Å². The summed E-state index contributed by atoms with van der Waals surface area (Å²) in [5.74, 6) is -0.757. The summed E-state index contributed by atoms with van der Waals surface area (Å²) in [4.78, 5) is 43.7. The number of amides is 2. The van der Waals surface area contributed by atoms with Crippen molar-refractivity contribution in [2.75, 3.05) is 29.9 Å². The van der Waals surface area contributed by atoms with Crippen molar-refractivity contribution in [3.63, 3.8) is 0 Å². The van der Waals surface area contributed by atoms with E-state index < -0.39 is 5.91 Å². The van der Waals surface area contributed by atoms with Crippen LogP contribution < -0.4 is 20.3 Å². The first-order chi connectivity index (χ1) is 16.6. The number of unbranched alkanes of at least 4 members (excludes halogenated alkanes) is 1. The van der Waals surface area contributed by atoms with Gasteiger partial charge in [-0.3, -0.25) is 14.6 Å². The van der Waals surface area contributed by atoms with E-state index >= 15 is 0 Å². The number of nitrogens with zero attached hydrogens (tertiary/aromatic N) is 5. The molecule has 178 valence electrons. The number of piperidine rings is 1. The highest BCUT2D eigenvalue weighted by molar-refractivity contribution is 6.08. The summed E-state index contributed by atoms with van der Waals surface area (Å²) < 4.78 is 11.4. The van der Waals surface area contributed by atoms with E-state index in [9.17, 15) is 9.59 Å². The number of nitrogens with one attached hydrogen (secondary N) is 2. The molecule has 0 spiro atoms. The van der Waals surface area contributed by atoms with Crippen LogP contribution in [-0.2, 0) is 0 Å². The van der Waals surface area contributed by atoms with Gasteiger partial charge in [0.05, 0.1) is 11.3 Å². The van der Waals surface area contributed by atoms with Crippen LogP contribution in [0.15, 0.2) is 47.6 Å². The van der Waals surface area contributed by atoms with Crippen molar-refractivity contribution in [1.29, 1.82) is 0 Å². The number of pyridine rings is 1. The molecule has 0 bridgehead atoms. The second-order valence-corrected chi connectivity index (χ2v) is 7.84. The molecule has 11 nitrogen and oxygen atoms in total. The number of rotatable bonds is 9. The number of oxazole rings is 1. The molecule has 0 saturated carbocycles. The van der Waals surface area contributed by atoms with Crippen LogP contribution in [0.3, 0.4) is 0 Å². The quantitative estimate of drug-likeness (QED) is 0.457. The van der Waals surface area contributed by atoms with Crippen molar-refractivity contribution in [3.05, 3.63) is 54.4 Å². The van der Waals surface area contributed by atoms with E-state index in [0.29, 0.717) is 42.9 Å². The third kappa shape index (κ3) is 5.85. The number of anilines is 2. The zero-order chi connectivity index (χ0) is 23.8. The van der Waals surface area contributed by atoms with E-state index in [1.807, 2.05) is 11.8 Å². The topological polar surface area (TPSA) is 135 Å². The van der Waals surface area contributed by atoms with Gasteiger partial charge in [-0.2, -0.15) is 4.98 Å². The van der Waals surface area contributed by atoms with Crippen LogP contribution >= 0.6 is 0 Å². The molecule has 1 fully saturated rings. The highest BCUT2D eigenvalue weighted by atomic mass is 16.5. The summed E-state index contributed by atoms with van der Waals surface area (Å²) in [6.07, 6.45) is 10.9. The first kappa shape index (κ1) is 23.1. The molecule has 2 amide bonds. The molecule has 0 atom stereocenters. The highest BCUT2D eigenvalue weighted by Gasteiger charge is 2.25. The zero-order valence-electron chi connectivity index (χ0n) is 18.9. The van der Waals surface area contributed by atoms with Gasteiger partial charge in [0.25, 0.3) is 17.8 Å². The number of aromatic nitrogens is 4. The molecular weight excluding hydrogens is 438 g/mol. The molecule has 1 aliphatic heterocycles. The lowest BCUT2D eigenvalue weighted by atomic mass is 10.1. The van der Waals surface area contributed by atoms with Gasteiger partial charge in [0.15, 0.2) is 5.69 Å². The van der Waals surface area contributed by atoms with Gasteiger partial charge in [-0.05, 0) is 18.6 Å². The largest absolute Gasteiger partial charge is 0.460 e. The maximum absolute atomic E-state index is 12.8. The Bertz CT molecular complexity index is 1100. The second-order valence-electron chi connectivity index (χ2n) is 7.84. The van der Waals surface area contributed by atoms with E-state index in [4.69, 9.17) is 9.15 Å². The predicted molar refractivity (Wildman–Crippen MR) is 124 cm³/mol. The molecule has 0 radical (unpaired) electrons. The van der Waals surface area contributed by atoms with Gasteiger partial charge in [-0.15, -0.1) is 0 Å². The van der Waals surface area contributed by atoms with E-state index in [1.54, 1.807) is 24.5 Å². The number of carbonyl (C=O) groups is 2.